The fourth-order valence-corrected chi connectivity index (χ4v) is 2.24. The number of nitrogen functional groups attached to an aromatic ring is 1. The molecule has 0 saturated heterocycles. The van der Waals surface area contributed by atoms with Crippen LogP contribution in [0.5, 0.6) is 0 Å². The third kappa shape index (κ3) is 2.43. The van der Waals surface area contributed by atoms with E-state index in [0.29, 0.717) is 28.7 Å². The van der Waals surface area contributed by atoms with Crippen LogP contribution in [0.1, 0.15) is 48.9 Å². The van der Waals surface area contributed by atoms with Gasteiger partial charge in [-0.05, 0) is 44.5 Å². The maximum absolute atomic E-state index is 13.9. The molecule has 0 radical (unpaired) electrons. The van der Waals surface area contributed by atoms with Crippen LogP contribution in [-0.4, -0.2) is 16.1 Å². The van der Waals surface area contributed by atoms with Crippen LogP contribution in [0.25, 0.3) is 11.3 Å². The Balaban J connectivity index is 2.71. The molecule has 0 amide bonds. The summed E-state index contributed by atoms with van der Waals surface area (Å²) in [5, 5.41) is 4.25. The molecule has 0 aliphatic heterocycles. The van der Waals surface area contributed by atoms with Crippen LogP contribution >= 0.6 is 0 Å². The van der Waals surface area contributed by atoms with Crippen molar-refractivity contribution in [3.8, 4) is 11.3 Å². The van der Waals surface area contributed by atoms with Gasteiger partial charge in [-0.25, -0.2) is 4.39 Å². The number of rotatable bonds is 4. The highest BCUT2D eigenvalue weighted by Gasteiger charge is 2.18. The Hall–Kier alpha value is -2.17. The fourth-order valence-electron chi connectivity index (χ4n) is 2.24. The highest BCUT2D eigenvalue weighted by molar-refractivity contribution is 5.87. The smallest absolute Gasteiger partial charge is 0.152 e. The van der Waals surface area contributed by atoms with Crippen LogP contribution < -0.4 is 5.73 Å². The zero-order chi connectivity index (χ0) is 14.9. The summed E-state index contributed by atoms with van der Waals surface area (Å²) in [6.07, 6.45) is 1.17. The molecule has 0 aliphatic carbocycles. The van der Waals surface area contributed by atoms with Gasteiger partial charge in [-0.3, -0.25) is 9.48 Å². The topological polar surface area (TPSA) is 60.9 Å². The lowest BCUT2D eigenvalue weighted by atomic mass is 9.97. The van der Waals surface area contributed by atoms with Crippen molar-refractivity contribution in [2.75, 3.05) is 5.73 Å². The lowest BCUT2D eigenvalue weighted by Gasteiger charge is -2.16. The van der Waals surface area contributed by atoms with Crippen molar-refractivity contribution in [2.24, 2.45) is 0 Å². The van der Waals surface area contributed by atoms with Crippen molar-refractivity contribution < 1.29 is 9.18 Å². The van der Waals surface area contributed by atoms with Crippen molar-refractivity contribution in [3.05, 3.63) is 35.5 Å². The number of anilines is 1. The first-order valence-electron chi connectivity index (χ1n) is 6.52. The van der Waals surface area contributed by atoms with Crippen molar-refractivity contribution in [1.29, 1.82) is 0 Å². The summed E-state index contributed by atoms with van der Waals surface area (Å²) in [6, 6.07) is 5.11. The van der Waals surface area contributed by atoms with E-state index in [1.807, 2.05) is 19.9 Å². The summed E-state index contributed by atoms with van der Waals surface area (Å²) in [5.41, 5.74) is 8.33. The number of nitrogens with zero attached hydrogens (tertiary/aromatic N) is 2. The van der Waals surface area contributed by atoms with Gasteiger partial charge in [-0.15, -0.1) is 0 Å². The molecule has 4 nitrogen and oxygen atoms in total. The minimum atomic E-state index is -1.18. The number of alkyl halides is 1. The lowest BCUT2D eigenvalue weighted by molar-refractivity contribution is 0.112. The van der Waals surface area contributed by atoms with Gasteiger partial charge >= 0.3 is 0 Å². The van der Waals surface area contributed by atoms with E-state index in [0.717, 1.165) is 5.69 Å². The molecule has 2 aromatic rings. The normalized spacial score (nSPS) is 12.7. The maximum atomic E-state index is 13.9. The molecule has 0 fully saturated rings. The van der Waals surface area contributed by atoms with Crippen LogP contribution in [0.15, 0.2) is 24.4 Å². The number of hydrogen-bond donors (Lipinski definition) is 1. The quantitative estimate of drug-likeness (QED) is 0.685. The standard InChI is InChI=1S/C15H18FN3O/c1-9(2)19-15(4-5-18-19)13-6-11(8-20)14(17)7-12(13)10(3)16/h4-10H,17H2,1-3H3. The number of carbonyl (C=O) groups excluding carboxylic acids is 1. The van der Waals surface area contributed by atoms with Crippen molar-refractivity contribution in [2.45, 2.75) is 33.0 Å². The Morgan fingerprint density at radius 1 is 1.35 bits per heavy atom. The molecule has 2 N–H and O–H groups in total. The number of aromatic nitrogens is 2. The van der Waals surface area contributed by atoms with Gasteiger partial charge in [0.25, 0.3) is 0 Å². The third-order valence-electron chi connectivity index (χ3n) is 3.25. The summed E-state index contributed by atoms with van der Waals surface area (Å²) in [5.74, 6) is 0. The van der Waals surface area contributed by atoms with Crippen LogP contribution in [0.4, 0.5) is 10.1 Å². The molecule has 1 unspecified atom stereocenters. The van der Waals surface area contributed by atoms with Gasteiger partial charge in [0.15, 0.2) is 6.29 Å². The molecule has 1 atom stereocenters. The number of carbonyl (C=O) groups is 1. The average Bonchev–Trinajstić information content (AvgIpc) is 2.87. The molecule has 0 aliphatic rings. The van der Waals surface area contributed by atoms with Crippen LogP contribution in [0.3, 0.4) is 0 Å². The van der Waals surface area contributed by atoms with Crippen LogP contribution in [0, 0.1) is 0 Å². The Labute approximate surface area is 117 Å². The maximum Gasteiger partial charge on any atom is 0.152 e. The summed E-state index contributed by atoms with van der Waals surface area (Å²) in [6.45, 7) is 5.44. The first-order chi connectivity index (χ1) is 9.45. The molecule has 106 valence electrons. The fraction of sp³-hybridized carbons (Fsp3) is 0.333. The molecule has 1 heterocycles. The molecular weight excluding hydrogens is 257 g/mol. The van der Waals surface area contributed by atoms with E-state index >= 15 is 0 Å². The Morgan fingerprint density at radius 2 is 2.05 bits per heavy atom. The summed E-state index contributed by atoms with van der Waals surface area (Å²) in [7, 11) is 0. The van der Waals surface area contributed by atoms with Crippen LogP contribution in [0.2, 0.25) is 0 Å². The molecule has 0 bridgehead atoms. The van der Waals surface area contributed by atoms with Gasteiger partial charge in [0, 0.05) is 29.1 Å². The predicted octanol–water partition coefficient (Wildman–Crippen LogP) is 3.56. The molecule has 1 aromatic heterocycles. The Kier molecular flexibility index (Phi) is 3.88. The molecule has 1 aromatic carbocycles. The number of benzene rings is 1. The van der Waals surface area contributed by atoms with Gasteiger partial charge in [0.05, 0.1) is 5.69 Å². The third-order valence-corrected chi connectivity index (χ3v) is 3.25. The van der Waals surface area contributed by atoms with E-state index in [4.69, 9.17) is 5.73 Å². The SMILES string of the molecule is CC(F)c1cc(N)c(C=O)cc1-c1ccnn1C(C)C. The van der Waals surface area contributed by atoms with Crippen molar-refractivity contribution in [1.82, 2.24) is 9.78 Å². The van der Waals surface area contributed by atoms with Gasteiger partial charge < -0.3 is 5.73 Å². The second-order valence-corrected chi connectivity index (χ2v) is 5.06. The Bertz CT molecular complexity index is 632. The van der Waals surface area contributed by atoms with Crippen LogP contribution in [-0.2, 0) is 0 Å². The molecule has 0 spiro atoms. The van der Waals surface area contributed by atoms with E-state index in [1.54, 1.807) is 16.9 Å². The predicted molar refractivity (Wildman–Crippen MR) is 77.4 cm³/mol. The second-order valence-electron chi connectivity index (χ2n) is 5.06. The van der Waals surface area contributed by atoms with Gasteiger partial charge in [-0.2, -0.15) is 5.10 Å². The average molecular weight is 275 g/mol. The first-order valence-corrected chi connectivity index (χ1v) is 6.52. The second kappa shape index (κ2) is 5.45. The van der Waals surface area contributed by atoms with Crippen molar-refractivity contribution >= 4 is 12.0 Å². The zero-order valence-corrected chi connectivity index (χ0v) is 11.8. The Morgan fingerprint density at radius 3 is 2.60 bits per heavy atom. The highest BCUT2D eigenvalue weighted by Crippen LogP contribution is 2.34. The number of halogens is 1. The van der Waals surface area contributed by atoms with Crippen molar-refractivity contribution in [3.63, 3.8) is 0 Å². The first kappa shape index (κ1) is 14.2. The number of aldehydes is 1. The van der Waals surface area contributed by atoms with E-state index in [1.165, 1.54) is 13.0 Å². The largest absolute Gasteiger partial charge is 0.398 e. The molecule has 0 saturated carbocycles. The summed E-state index contributed by atoms with van der Waals surface area (Å²) < 4.78 is 15.7. The van der Waals surface area contributed by atoms with Gasteiger partial charge in [0.1, 0.15) is 6.17 Å². The highest BCUT2D eigenvalue weighted by atomic mass is 19.1. The summed E-state index contributed by atoms with van der Waals surface area (Å²) in [4.78, 5) is 11.1. The monoisotopic (exact) mass is 275 g/mol. The molecular formula is C15H18FN3O. The zero-order valence-electron chi connectivity index (χ0n) is 11.8. The van der Waals surface area contributed by atoms with E-state index < -0.39 is 6.17 Å². The van der Waals surface area contributed by atoms with E-state index in [9.17, 15) is 9.18 Å². The lowest BCUT2D eigenvalue weighted by Crippen LogP contribution is -2.07. The molecule has 5 heteroatoms. The molecule has 2 rings (SSSR count). The minimum absolute atomic E-state index is 0.139. The van der Waals surface area contributed by atoms with Gasteiger partial charge in [-0.1, -0.05) is 0 Å². The summed E-state index contributed by atoms with van der Waals surface area (Å²) >= 11 is 0. The van der Waals surface area contributed by atoms with Gasteiger partial charge in [0.2, 0.25) is 0 Å². The van der Waals surface area contributed by atoms with E-state index in [2.05, 4.69) is 5.10 Å². The number of hydrogen-bond acceptors (Lipinski definition) is 3. The minimum Gasteiger partial charge on any atom is -0.398 e. The number of nitrogens with two attached hydrogens (primary N) is 1. The van der Waals surface area contributed by atoms with E-state index in [-0.39, 0.29) is 6.04 Å². The molecule has 20 heavy (non-hydrogen) atoms.